The van der Waals surface area contributed by atoms with E-state index in [1.165, 1.54) is 12.8 Å². The molecule has 0 aliphatic heterocycles. The molecule has 1 aromatic rings. The molecular formula is C11H19N3. The minimum Gasteiger partial charge on any atom is -0.397 e. The number of anilines is 2. The van der Waals surface area contributed by atoms with Crippen molar-refractivity contribution in [2.75, 3.05) is 17.6 Å². The van der Waals surface area contributed by atoms with Gasteiger partial charge < -0.3 is 11.1 Å². The van der Waals surface area contributed by atoms with E-state index in [0.29, 0.717) is 5.69 Å². The van der Waals surface area contributed by atoms with E-state index in [-0.39, 0.29) is 0 Å². The highest BCUT2D eigenvalue weighted by Crippen LogP contribution is 2.10. The Morgan fingerprint density at radius 3 is 2.86 bits per heavy atom. The third-order valence-electron chi connectivity index (χ3n) is 2.05. The van der Waals surface area contributed by atoms with Gasteiger partial charge in [-0.3, -0.25) is 4.98 Å². The maximum Gasteiger partial charge on any atom is 0.0547 e. The lowest BCUT2D eigenvalue weighted by molar-refractivity contribution is 0.567. The Bertz CT molecular complexity index is 271. The molecule has 0 bridgehead atoms. The lowest BCUT2D eigenvalue weighted by Crippen LogP contribution is -2.03. The molecule has 3 nitrogen and oxygen atoms in total. The van der Waals surface area contributed by atoms with Crippen LogP contribution in [0, 0.1) is 5.92 Å². The minimum absolute atomic E-state index is 0.707. The summed E-state index contributed by atoms with van der Waals surface area (Å²) in [6.45, 7) is 5.47. The van der Waals surface area contributed by atoms with Crippen LogP contribution in [-0.2, 0) is 0 Å². The van der Waals surface area contributed by atoms with E-state index < -0.39 is 0 Å². The van der Waals surface area contributed by atoms with Crippen molar-refractivity contribution in [3.8, 4) is 0 Å². The average molecular weight is 193 g/mol. The molecule has 0 fully saturated rings. The van der Waals surface area contributed by atoms with Gasteiger partial charge >= 0.3 is 0 Å². The molecule has 1 heterocycles. The summed E-state index contributed by atoms with van der Waals surface area (Å²) >= 11 is 0. The Morgan fingerprint density at radius 2 is 2.21 bits per heavy atom. The molecule has 3 heteroatoms. The third kappa shape index (κ3) is 4.12. The monoisotopic (exact) mass is 193 g/mol. The van der Waals surface area contributed by atoms with Gasteiger partial charge in [0.05, 0.1) is 17.6 Å². The summed E-state index contributed by atoms with van der Waals surface area (Å²) in [7, 11) is 0. The van der Waals surface area contributed by atoms with Crippen LogP contribution in [0.2, 0.25) is 0 Å². The molecule has 0 radical (unpaired) electrons. The molecule has 78 valence electrons. The average Bonchev–Trinajstić information content (AvgIpc) is 2.12. The van der Waals surface area contributed by atoms with Gasteiger partial charge in [-0.1, -0.05) is 13.8 Å². The van der Waals surface area contributed by atoms with Crippen LogP contribution < -0.4 is 11.1 Å². The Kier molecular flexibility index (Phi) is 4.23. The molecule has 0 saturated heterocycles. The fourth-order valence-electron chi connectivity index (χ4n) is 1.30. The molecule has 1 rings (SSSR count). The summed E-state index contributed by atoms with van der Waals surface area (Å²) in [5, 5.41) is 3.30. The van der Waals surface area contributed by atoms with Crippen LogP contribution in [0.25, 0.3) is 0 Å². The first kappa shape index (κ1) is 10.8. The van der Waals surface area contributed by atoms with Gasteiger partial charge in [-0.25, -0.2) is 0 Å². The smallest absolute Gasteiger partial charge is 0.0547 e. The molecule has 0 saturated carbocycles. The normalized spacial score (nSPS) is 10.5. The van der Waals surface area contributed by atoms with Gasteiger partial charge in [-0.2, -0.15) is 0 Å². The van der Waals surface area contributed by atoms with Crippen LogP contribution in [0.4, 0.5) is 11.4 Å². The zero-order valence-corrected chi connectivity index (χ0v) is 8.96. The molecule has 0 atom stereocenters. The quantitative estimate of drug-likeness (QED) is 0.706. The molecule has 0 aliphatic carbocycles. The van der Waals surface area contributed by atoms with E-state index in [1.54, 1.807) is 12.4 Å². The summed E-state index contributed by atoms with van der Waals surface area (Å²) in [6, 6.07) is 1.91. The van der Waals surface area contributed by atoms with E-state index in [2.05, 4.69) is 24.1 Å². The standard InChI is InChI=1S/C11H19N3/c1-9(2)4-3-5-14-11-6-10(12)7-13-8-11/h6-9,14H,3-5,12H2,1-2H3. The predicted molar refractivity (Wildman–Crippen MR) is 61.2 cm³/mol. The highest BCUT2D eigenvalue weighted by molar-refractivity contribution is 5.51. The van der Waals surface area contributed by atoms with Crippen molar-refractivity contribution >= 4 is 11.4 Å². The van der Waals surface area contributed by atoms with E-state index in [9.17, 15) is 0 Å². The maximum atomic E-state index is 5.61. The van der Waals surface area contributed by atoms with E-state index in [0.717, 1.165) is 18.2 Å². The highest BCUT2D eigenvalue weighted by Gasteiger charge is 1.95. The Labute approximate surface area is 85.7 Å². The zero-order chi connectivity index (χ0) is 10.4. The van der Waals surface area contributed by atoms with E-state index in [1.807, 2.05) is 6.07 Å². The lowest BCUT2D eigenvalue weighted by Gasteiger charge is -2.07. The van der Waals surface area contributed by atoms with Crippen molar-refractivity contribution < 1.29 is 0 Å². The van der Waals surface area contributed by atoms with Gasteiger partial charge in [0, 0.05) is 12.7 Å². The van der Waals surface area contributed by atoms with Crippen molar-refractivity contribution in [1.82, 2.24) is 4.98 Å². The maximum absolute atomic E-state index is 5.61. The summed E-state index contributed by atoms with van der Waals surface area (Å²) < 4.78 is 0. The number of nitrogens with two attached hydrogens (primary N) is 1. The largest absolute Gasteiger partial charge is 0.397 e. The summed E-state index contributed by atoms with van der Waals surface area (Å²) in [5.74, 6) is 0.774. The molecule has 3 N–H and O–H groups in total. The number of rotatable bonds is 5. The number of nitrogen functional groups attached to an aromatic ring is 1. The molecule has 0 amide bonds. The number of hydrogen-bond donors (Lipinski definition) is 2. The molecule has 1 aromatic heterocycles. The lowest BCUT2D eigenvalue weighted by atomic mass is 10.1. The van der Waals surface area contributed by atoms with Crippen molar-refractivity contribution in [3.05, 3.63) is 18.5 Å². The van der Waals surface area contributed by atoms with Crippen molar-refractivity contribution in [1.29, 1.82) is 0 Å². The highest BCUT2D eigenvalue weighted by atomic mass is 14.9. The minimum atomic E-state index is 0.707. The molecular weight excluding hydrogens is 174 g/mol. The number of hydrogen-bond acceptors (Lipinski definition) is 3. The van der Waals surface area contributed by atoms with Crippen LogP contribution in [0.5, 0.6) is 0 Å². The number of nitrogens with one attached hydrogen (secondary N) is 1. The van der Waals surface area contributed by atoms with Crippen LogP contribution in [0.15, 0.2) is 18.5 Å². The van der Waals surface area contributed by atoms with Gasteiger partial charge in [0.25, 0.3) is 0 Å². The number of pyridine rings is 1. The van der Waals surface area contributed by atoms with E-state index in [4.69, 9.17) is 5.73 Å². The van der Waals surface area contributed by atoms with Crippen LogP contribution in [-0.4, -0.2) is 11.5 Å². The summed E-state index contributed by atoms with van der Waals surface area (Å²) in [5.41, 5.74) is 7.32. The first-order valence-corrected chi connectivity index (χ1v) is 5.13. The molecule has 14 heavy (non-hydrogen) atoms. The zero-order valence-electron chi connectivity index (χ0n) is 8.96. The predicted octanol–water partition coefficient (Wildman–Crippen LogP) is 2.51. The van der Waals surface area contributed by atoms with E-state index >= 15 is 0 Å². The van der Waals surface area contributed by atoms with Gasteiger partial charge in [0.2, 0.25) is 0 Å². The summed E-state index contributed by atoms with van der Waals surface area (Å²) in [4.78, 5) is 4.01. The fourth-order valence-corrected chi connectivity index (χ4v) is 1.30. The number of aromatic nitrogens is 1. The van der Waals surface area contributed by atoms with Crippen LogP contribution in [0.3, 0.4) is 0 Å². The Hall–Kier alpha value is -1.25. The Balaban J connectivity index is 2.25. The van der Waals surface area contributed by atoms with Gasteiger partial charge in [0.15, 0.2) is 0 Å². The summed E-state index contributed by atoms with van der Waals surface area (Å²) in [6.07, 6.45) is 5.89. The van der Waals surface area contributed by atoms with Crippen LogP contribution >= 0.6 is 0 Å². The molecule has 0 aromatic carbocycles. The SMILES string of the molecule is CC(C)CCCNc1cncc(N)c1. The fraction of sp³-hybridized carbons (Fsp3) is 0.545. The second-order valence-electron chi connectivity index (χ2n) is 3.97. The molecule has 0 spiro atoms. The second kappa shape index (κ2) is 5.47. The third-order valence-corrected chi connectivity index (χ3v) is 2.05. The topological polar surface area (TPSA) is 50.9 Å². The van der Waals surface area contributed by atoms with Crippen LogP contribution in [0.1, 0.15) is 26.7 Å². The van der Waals surface area contributed by atoms with Gasteiger partial charge in [-0.15, -0.1) is 0 Å². The second-order valence-corrected chi connectivity index (χ2v) is 3.97. The van der Waals surface area contributed by atoms with Gasteiger partial charge in [-0.05, 0) is 24.8 Å². The van der Waals surface area contributed by atoms with Crippen molar-refractivity contribution in [3.63, 3.8) is 0 Å². The number of nitrogens with zero attached hydrogens (tertiary/aromatic N) is 1. The van der Waals surface area contributed by atoms with Crippen molar-refractivity contribution in [2.45, 2.75) is 26.7 Å². The first-order valence-electron chi connectivity index (χ1n) is 5.13. The van der Waals surface area contributed by atoms with Crippen molar-refractivity contribution in [2.24, 2.45) is 5.92 Å². The van der Waals surface area contributed by atoms with Gasteiger partial charge in [0.1, 0.15) is 0 Å². The molecule has 0 aliphatic rings. The Morgan fingerprint density at radius 1 is 1.43 bits per heavy atom. The molecule has 0 unspecified atom stereocenters. The first-order chi connectivity index (χ1) is 6.68.